The number of carbonyl (C=O) groups excluding carboxylic acids is 2. The van der Waals surface area contributed by atoms with Crippen molar-refractivity contribution < 1.29 is 9.59 Å². The molecule has 1 saturated carbocycles. The first-order valence-corrected chi connectivity index (χ1v) is 15.3. The van der Waals surface area contributed by atoms with Crippen LogP contribution in [0.25, 0.3) is 0 Å². The number of aromatic nitrogens is 1. The molecule has 0 amide bonds. The van der Waals surface area contributed by atoms with Gasteiger partial charge in [-0.25, -0.2) is 4.98 Å². The lowest BCUT2D eigenvalue weighted by molar-refractivity contribution is -0.108. The maximum atomic E-state index is 10.6. The number of rotatable bonds is 8. The molecule has 0 bridgehead atoms. The van der Waals surface area contributed by atoms with E-state index in [0.29, 0.717) is 22.9 Å². The van der Waals surface area contributed by atoms with Crippen LogP contribution in [-0.2, 0) is 4.79 Å². The second-order valence-electron chi connectivity index (χ2n) is 9.98. The number of benzene rings is 1. The minimum atomic E-state index is 0.553. The van der Waals surface area contributed by atoms with Crippen molar-refractivity contribution in [2.75, 3.05) is 43.7 Å². The average Bonchev–Trinajstić information content (AvgIpc) is 2.98. The van der Waals surface area contributed by atoms with E-state index in [1.165, 1.54) is 37.0 Å². The lowest BCUT2D eigenvalue weighted by Gasteiger charge is -2.33. The zero-order valence-corrected chi connectivity index (χ0v) is 25.0. The van der Waals surface area contributed by atoms with Crippen LogP contribution in [0.15, 0.2) is 41.4 Å². The molecule has 6 nitrogen and oxygen atoms in total. The van der Waals surface area contributed by atoms with Crippen molar-refractivity contribution in [2.45, 2.75) is 69.2 Å². The third-order valence-corrected chi connectivity index (χ3v) is 8.42. The van der Waals surface area contributed by atoms with Gasteiger partial charge in [0, 0.05) is 54.3 Å². The van der Waals surface area contributed by atoms with E-state index in [9.17, 15) is 9.59 Å². The maximum Gasteiger partial charge on any atom is 0.152 e. The zero-order valence-electron chi connectivity index (χ0n) is 23.4. The minimum absolute atomic E-state index is 0.553. The molecule has 210 valence electrons. The molecule has 1 unspecified atom stereocenters. The van der Waals surface area contributed by atoms with Gasteiger partial charge in [0.05, 0.1) is 5.69 Å². The Hall–Kier alpha value is -2.09. The standard InChI is InChI=1S/C14H21N3OS.C9H19N.C7H5ClO/c1-15-13-9-12(19-2)10-16-14(13)17-6-3-11(4-7-17)5-8-18;1-8(10-2)9-6-4-3-5-7-9;8-7-3-1-2-6(4-7)5-9/h8-11,15H,3-7H2,1-2H3;8-10H,3-7H2,1-2H3;1-5H. The Bertz CT molecular complexity index is 963. The fourth-order valence-corrected chi connectivity index (χ4v) is 5.54. The topological polar surface area (TPSA) is 74.3 Å². The second-order valence-corrected chi connectivity index (χ2v) is 11.3. The third-order valence-electron chi connectivity index (χ3n) is 7.49. The van der Waals surface area contributed by atoms with Gasteiger partial charge in [0.2, 0.25) is 0 Å². The summed E-state index contributed by atoms with van der Waals surface area (Å²) in [5.41, 5.74) is 1.70. The lowest BCUT2D eigenvalue weighted by Crippen LogP contribution is -2.34. The molecular formula is C30H45ClN4O2S. The van der Waals surface area contributed by atoms with Crippen molar-refractivity contribution in [3.63, 3.8) is 0 Å². The van der Waals surface area contributed by atoms with Gasteiger partial charge in [-0.3, -0.25) is 4.79 Å². The van der Waals surface area contributed by atoms with Crippen LogP contribution in [0.3, 0.4) is 0 Å². The summed E-state index contributed by atoms with van der Waals surface area (Å²) in [5.74, 6) is 2.54. The van der Waals surface area contributed by atoms with Gasteiger partial charge in [-0.2, -0.15) is 0 Å². The second kappa shape index (κ2) is 18.2. The summed E-state index contributed by atoms with van der Waals surface area (Å²) in [6.07, 6.45) is 15.9. The van der Waals surface area contributed by atoms with Crippen LogP contribution in [0, 0.1) is 11.8 Å². The number of pyridine rings is 1. The summed E-state index contributed by atoms with van der Waals surface area (Å²) in [6, 6.07) is 9.68. The van der Waals surface area contributed by atoms with Gasteiger partial charge >= 0.3 is 0 Å². The molecule has 2 N–H and O–H groups in total. The normalized spacial score (nSPS) is 16.8. The van der Waals surface area contributed by atoms with Gasteiger partial charge in [-0.05, 0) is 75.9 Å². The van der Waals surface area contributed by atoms with Crippen molar-refractivity contribution >= 4 is 47.4 Å². The molecule has 38 heavy (non-hydrogen) atoms. The van der Waals surface area contributed by atoms with Crippen LogP contribution in [0.4, 0.5) is 11.5 Å². The van der Waals surface area contributed by atoms with Gasteiger partial charge in [-0.15, -0.1) is 11.8 Å². The van der Waals surface area contributed by atoms with E-state index in [2.05, 4.69) is 46.8 Å². The largest absolute Gasteiger partial charge is 0.385 e. The Balaban J connectivity index is 0.000000224. The molecule has 0 radical (unpaired) electrons. The van der Waals surface area contributed by atoms with Crippen LogP contribution >= 0.6 is 23.4 Å². The molecule has 8 heteroatoms. The van der Waals surface area contributed by atoms with E-state index in [1.807, 2.05) is 13.2 Å². The number of aldehydes is 2. The van der Waals surface area contributed by atoms with Crippen LogP contribution in [0.5, 0.6) is 0 Å². The number of piperidine rings is 1. The monoisotopic (exact) mass is 560 g/mol. The highest BCUT2D eigenvalue weighted by Crippen LogP contribution is 2.31. The predicted octanol–water partition coefficient (Wildman–Crippen LogP) is 6.98. The van der Waals surface area contributed by atoms with Crippen molar-refractivity contribution in [1.29, 1.82) is 0 Å². The molecule has 1 atom stereocenters. The van der Waals surface area contributed by atoms with E-state index in [0.717, 1.165) is 62.0 Å². The Morgan fingerprint density at radius 1 is 1.11 bits per heavy atom. The molecule has 0 spiro atoms. The van der Waals surface area contributed by atoms with Crippen LogP contribution in [0.1, 0.15) is 68.6 Å². The van der Waals surface area contributed by atoms with Gasteiger partial charge in [0.15, 0.2) is 5.82 Å². The van der Waals surface area contributed by atoms with E-state index in [1.54, 1.807) is 36.0 Å². The highest BCUT2D eigenvalue weighted by molar-refractivity contribution is 7.98. The Kier molecular flexibility index (Phi) is 15.4. The minimum Gasteiger partial charge on any atom is -0.385 e. The molecule has 4 rings (SSSR count). The first-order valence-electron chi connectivity index (χ1n) is 13.7. The molecule has 1 saturated heterocycles. The van der Waals surface area contributed by atoms with Crippen molar-refractivity contribution in [2.24, 2.45) is 11.8 Å². The van der Waals surface area contributed by atoms with Crippen LogP contribution in [0.2, 0.25) is 5.02 Å². The van der Waals surface area contributed by atoms with E-state index in [-0.39, 0.29) is 0 Å². The number of hydrogen-bond donors (Lipinski definition) is 2. The summed E-state index contributed by atoms with van der Waals surface area (Å²) >= 11 is 7.27. The van der Waals surface area contributed by atoms with E-state index >= 15 is 0 Å². The van der Waals surface area contributed by atoms with E-state index in [4.69, 9.17) is 11.6 Å². The quantitative estimate of drug-likeness (QED) is 0.266. The first kappa shape index (κ1) is 32.1. The molecule has 1 aromatic heterocycles. The van der Waals surface area contributed by atoms with E-state index < -0.39 is 0 Å². The predicted molar refractivity (Wildman–Crippen MR) is 163 cm³/mol. The molecule has 1 aliphatic heterocycles. The number of thioether (sulfide) groups is 1. The number of nitrogens with zero attached hydrogens (tertiary/aromatic N) is 2. The van der Waals surface area contributed by atoms with Crippen molar-refractivity contribution in [3.05, 3.63) is 47.1 Å². The number of nitrogens with one attached hydrogen (secondary N) is 2. The van der Waals surface area contributed by atoms with Gasteiger partial charge in [0.25, 0.3) is 0 Å². The summed E-state index contributed by atoms with van der Waals surface area (Å²) in [5, 5.41) is 7.16. The van der Waals surface area contributed by atoms with Crippen LogP contribution in [-0.4, -0.2) is 57.0 Å². The Morgan fingerprint density at radius 2 is 1.82 bits per heavy atom. The fourth-order valence-electron chi connectivity index (χ4n) is 4.95. The molecular weight excluding hydrogens is 516 g/mol. The van der Waals surface area contributed by atoms with Crippen molar-refractivity contribution in [1.82, 2.24) is 10.3 Å². The van der Waals surface area contributed by atoms with Gasteiger partial charge in [0.1, 0.15) is 12.6 Å². The lowest BCUT2D eigenvalue weighted by atomic mass is 9.85. The fraction of sp³-hybridized carbons (Fsp3) is 0.567. The molecule has 1 aliphatic carbocycles. The first-order chi connectivity index (χ1) is 18.4. The molecule has 1 aromatic carbocycles. The summed E-state index contributed by atoms with van der Waals surface area (Å²) < 4.78 is 0. The summed E-state index contributed by atoms with van der Waals surface area (Å²) in [7, 11) is 4.00. The highest BCUT2D eigenvalue weighted by atomic mass is 35.5. The smallest absolute Gasteiger partial charge is 0.152 e. The number of halogens is 1. The number of anilines is 2. The van der Waals surface area contributed by atoms with Gasteiger partial charge in [-0.1, -0.05) is 43.0 Å². The average molecular weight is 561 g/mol. The number of carbonyl (C=O) groups is 2. The molecule has 2 fully saturated rings. The number of hydrogen-bond acceptors (Lipinski definition) is 7. The third kappa shape index (κ3) is 11.0. The Labute approximate surface area is 238 Å². The molecule has 2 aliphatic rings. The maximum absolute atomic E-state index is 10.6. The zero-order chi connectivity index (χ0) is 27.8. The van der Waals surface area contributed by atoms with Crippen molar-refractivity contribution in [3.8, 4) is 0 Å². The molecule has 2 aromatic rings. The summed E-state index contributed by atoms with van der Waals surface area (Å²) in [6.45, 7) is 4.27. The molecule has 2 heterocycles. The highest BCUT2D eigenvalue weighted by Gasteiger charge is 2.21. The van der Waals surface area contributed by atoms with Gasteiger partial charge < -0.3 is 20.3 Å². The SMILES string of the molecule is CNC(C)C1CCCCC1.CNc1cc(SC)cnc1N1CCC(CC=O)CC1.O=Cc1cccc(Cl)c1. The van der Waals surface area contributed by atoms with Crippen LogP contribution < -0.4 is 15.5 Å². The Morgan fingerprint density at radius 3 is 2.34 bits per heavy atom. The summed E-state index contributed by atoms with van der Waals surface area (Å²) in [4.78, 5) is 28.7.